The Labute approximate surface area is 171 Å². The van der Waals surface area contributed by atoms with Crippen LogP contribution in [0, 0.1) is 11.6 Å². The van der Waals surface area contributed by atoms with Crippen LogP contribution in [0.2, 0.25) is 0 Å². The number of aliphatic hydroxyl groups is 1. The number of nitrogens with one attached hydrogen (secondary N) is 1. The zero-order valence-corrected chi connectivity index (χ0v) is 16.3. The smallest absolute Gasteiger partial charge is 0.341 e. The summed E-state index contributed by atoms with van der Waals surface area (Å²) in [6, 6.07) is 6.04. The zero-order chi connectivity index (χ0) is 21.1. The van der Waals surface area contributed by atoms with Crippen LogP contribution >= 0.6 is 15.9 Å². The lowest BCUT2D eigenvalue weighted by Crippen LogP contribution is -2.34. The quantitative estimate of drug-likeness (QED) is 0.514. The molecule has 0 saturated heterocycles. The molecule has 1 amide bonds. The van der Waals surface area contributed by atoms with E-state index in [0.717, 1.165) is 16.7 Å². The van der Waals surface area contributed by atoms with Gasteiger partial charge in [0.05, 0.1) is 22.6 Å². The second-order valence-electron chi connectivity index (χ2n) is 6.10. The minimum absolute atomic E-state index is 0.0616. The number of nitrogens with zero attached hydrogens (tertiary/aromatic N) is 1. The molecule has 0 radical (unpaired) electrons. The van der Waals surface area contributed by atoms with Crippen LogP contribution < -0.4 is 10.1 Å². The van der Waals surface area contributed by atoms with E-state index < -0.39 is 42.9 Å². The molecule has 29 heavy (non-hydrogen) atoms. The average molecular weight is 469 g/mol. The number of carboxylic acid groups (broad SMARTS) is 1. The first-order valence-corrected chi connectivity index (χ1v) is 9.10. The summed E-state index contributed by atoms with van der Waals surface area (Å²) >= 11 is 3.08. The van der Waals surface area contributed by atoms with Crippen LogP contribution in [-0.2, 0) is 4.79 Å². The molecule has 0 aliphatic carbocycles. The van der Waals surface area contributed by atoms with Crippen molar-refractivity contribution in [3.63, 3.8) is 0 Å². The number of hydrogen-bond acceptors (Lipinski definition) is 4. The van der Waals surface area contributed by atoms with Crippen molar-refractivity contribution in [2.75, 3.05) is 13.2 Å². The first-order chi connectivity index (χ1) is 13.8. The fourth-order valence-corrected chi connectivity index (χ4v) is 3.13. The number of carbonyl (C=O) groups excluding carboxylic acids is 1. The number of rotatable bonds is 6. The lowest BCUT2D eigenvalue weighted by molar-refractivity contribution is -0.139. The fraction of sp³-hybridized carbons (Fsp3) is 0.158. The van der Waals surface area contributed by atoms with Gasteiger partial charge >= 0.3 is 12.0 Å². The molecule has 0 spiro atoms. The Balaban J connectivity index is 1.85. The van der Waals surface area contributed by atoms with Gasteiger partial charge in [0.2, 0.25) is 0 Å². The number of ether oxygens (including phenoxy) is 1. The van der Waals surface area contributed by atoms with Gasteiger partial charge in [0.25, 0.3) is 0 Å². The van der Waals surface area contributed by atoms with Crippen molar-refractivity contribution in [2.24, 2.45) is 0 Å². The van der Waals surface area contributed by atoms with Gasteiger partial charge in [-0.3, -0.25) is 4.57 Å². The van der Waals surface area contributed by atoms with Crippen LogP contribution in [0.25, 0.3) is 10.9 Å². The summed E-state index contributed by atoms with van der Waals surface area (Å²) in [6.07, 6.45) is 1.44. The Hall–Kier alpha value is -2.98. The third kappa shape index (κ3) is 4.72. The number of aliphatic hydroxyl groups excluding tert-OH is 1. The predicted octanol–water partition coefficient (Wildman–Crippen LogP) is 3.44. The van der Waals surface area contributed by atoms with E-state index in [0.29, 0.717) is 10.9 Å². The molecule has 10 heteroatoms. The zero-order valence-electron chi connectivity index (χ0n) is 14.7. The molecule has 0 saturated carbocycles. The van der Waals surface area contributed by atoms with Crippen LogP contribution in [0.3, 0.4) is 0 Å². The second kappa shape index (κ2) is 8.58. The van der Waals surface area contributed by atoms with E-state index in [4.69, 9.17) is 9.84 Å². The molecule has 0 fully saturated rings. The summed E-state index contributed by atoms with van der Waals surface area (Å²) in [6.45, 7) is -1.23. The van der Waals surface area contributed by atoms with Crippen molar-refractivity contribution >= 4 is 38.8 Å². The topological polar surface area (TPSA) is 101 Å². The largest absolute Gasteiger partial charge is 0.482 e. The van der Waals surface area contributed by atoms with Crippen molar-refractivity contribution < 1.29 is 33.3 Å². The van der Waals surface area contributed by atoms with Crippen LogP contribution in [0.5, 0.6) is 5.75 Å². The normalized spacial score (nSPS) is 12.0. The number of aliphatic carboxylic acids is 1. The highest BCUT2D eigenvalue weighted by Gasteiger charge is 2.19. The van der Waals surface area contributed by atoms with Gasteiger partial charge in [-0.15, -0.1) is 0 Å². The highest BCUT2D eigenvalue weighted by Crippen LogP contribution is 2.25. The number of carboxylic acids is 1. The van der Waals surface area contributed by atoms with Crippen molar-refractivity contribution in [1.29, 1.82) is 0 Å². The van der Waals surface area contributed by atoms with E-state index >= 15 is 0 Å². The predicted molar refractivity (Wildman–Crippen MR) is 103 cm³/mol. The molecule has 2 aromatic carbocycles. The van der Waals surface area contributed by atoms with Crippen LogP contribution in [0.1, 0.15) is 11.6 Å². The molecule has 7 nitrogen and oxygen atoms in total. The van der Waals surface area contributed by atoms with Gasteiger partial charge < -0.3 is 20.3 Å². The molecule has 3 rings (SSSR count). The summed E-state index contributed by atoms with van der Waals surface area (Å²) in [5.41, 5.74) is 0.483. The lowest BCUT2D eigenvalue weighted by Gasteiger charge is -2.18. The Morgan fingerprint density at radius 3 is 2.66 bits per heavy atom. The van der Waals surface area contributed by atoms with Crippen LogP contribution in [0.15, 0.2) is 47.1 Å². The van der Waals surface area contributed by atoms with E-state index in [2.05, 4.69) is 21.2 Å². The van der Waals surface area contributed by atoms with E-state index in [1.54, 1.807) is 6.07 Å². The second-order valence-corrected chi connectivity index (χ2v) is 6.95. The van der Waals surface area contributed by atoms with Crippen molar-refractivity contribution in [1.82, 2.24) is 9.88 Å². The molecule has 0 aliphatic rings. The van der Waals surface area contributed by atoms with Gasteiger partial charge in [0, 0.05) is 17.6 Å². The maximum absolute atomic E-state index is 13.9. The number of halogens is 3. The van der Waals surface area contributed by atoms with E-state index in [1.165, 1.54) is 24.4 Å². The molecule has 1 unspecified atom stereocenters. The van der Waals surface area contributed by atoms with E-state index in [1.807, 2.05) is 0 Å². The number of carbonyl (C=O) groups is 2. The molecule has 3 aromatic rings. The standard InChI is InChI=1S/C19H15BrF2N2O5/c20-14-5-10-1-2-24(17(10)7-15(14)22)19(28)23-16(8-25)11-3-12(21)6-13(4-11)29-9-18(26)27/h1-7,16,25H,8-9H2,(H,23,28)(H,26,27). The third-order valence-electron chi connectivity index (χ3n) is 4.09. The van der Waals surface area contributed by atoms with E-state index in [9.17, 15) is 23.5 Å². The SMILES string of the molecule is O=C(O)COc1cc(F)cc(C(CO)NC(=O)n2ccc3cc(Br)c(F)cc32)c1. The molecule has 152 valence electrons. The molecule has 1 aromatic heterocycles. The monoisotopic (exact) mass is 468 g/mol. The number of amides is 1. The van der Waals surface area contributed by atoms with Crippen molar-refractivity contribution in [3.05, 3.63) is 64.3 Å². The molecule has 3 N–H and O–H groups in total. The highest BCUT2D eigenvalue weighted by molar-refractivity contribution is 9.10. The number of fused-ring (bicyclic) bond motifs is 1. The molecule has 1 atom stereocenters. The van der Waals surface area contributed by atoms with Gasteiger partial charge in [0.1, 0.15) is 17.4 Å². The molecule has 1 heterocycles. The first-order valence-electron chi connectivity index (χ1n) is 8.31. The number of benzene rings is 2. The van der Waals surface area contributed by atoms with Crippen LogP contribution in [0.4, 0.5) is 13.6 Å². The summed E-state index contributed by atoms with van der Waals surface area (Å²) in [4.78, 5) is 23.3. The summed E-state index contributed by atoms with van der Waals surface area (Å²) in [5.74, 6) is -2.57. The van der Waals surface area contributed by atoms with Gasteiger partial charge in [-0.25, -0.2) is 18.4 Å². The van der Waals surface area contributed by atoms with Crippen molar-refractivity contribution in [2.45, 2.75) is 6.04 Å². The van der Waals surface area contributed by atoms with Gasteiger partial charge in [-0.05, 0) is 51.8 Å². The van der Waals surface area contributed by atoms with E-state index in [-0.39, 0.29) is 15.8 Å². The summed E-state index contributed by atoms with van der Waals surface area (Å²) < 4.78 is 34.1. The fourth-order valence-electron chi connectivity index (χ4n) is 2.77. The van der Waals surface area contributed by atoms with Gasteiger partial charge in [0.15, 0.2) is 6.61 Å². The Bertz CT molecular complexity index is 1090. The minimum atomic E-state index is -1.24. The lowest BCUT2D eigenvalue weighted by atomic mass is 10.1. The van der Waals surface area contributed by atoms with Crippen LogP contribution in [-0.4, -0.2) is 40.0 Å². The van der Waals surface area contributed by atoms with Crippen molar-refractivity contribution in [3.8, 4) is 5.75 Å². The Kier molecular flexibility index (Phi) is 6.14. The molecular weight excluding hydrogens is 454 g/mol. The van der Waals surface area contributed by atoms with Gasteiger partial charge in [-0.2, -0.15) is 0 Å². The number of hydrogen-bond donors (Lipinski definition) is 3. The maximum Gasteiger partial charge on any atom is 0.341 e. The number of aromatic nitrogens is 1. The Morgan fingerprint density at radius 1 is 1.21 bits per heavy atom. The van der Waals surface area contributed by atoms with Gasteiger partial charge in [-0.1, -0.05) is 0 Å². The molecular formula is C19H15BrF2N2O5. The Morgan fingerprint density at radius 2 is 1.97 bits per heavy atom. The maximum atomic E-state index is 13.9. The average Bonchev–Trinajstić information content (AvgIpc) is 3.06. The minimum Gasteiger partial charge on any atom is -0.482 e. The first kappa shape index (κ1) is 20.7. The summed E-state index contributed by atoms with van der Waals surface area (Å²) in [7, 11) is 0. The molecule has 0 aliphatic heterocycles. The third-order valence-corrected chi connectivity index (χ3v) is 4.70. The highest BCUT2D eigenvalue weighted by atomic mass is 79.9. The summed E-state index contributed by atoms with van der Waals surface area (Å²) in [5, 5.41) is 21.5. The molecule has 0 bridgehead atoms.